The maximum absolute atomic E-state index is 13.1. The number of nitro benzene ring substituents is 1. The molecule has 0 bridgehead atoms. The first kappa shape index (κ1) is 19.8. The second kappa shape index (κ2) is 8.81. The fourth-order valence-corrected chi connectivity index (χ4v) is 3.24. The van der Waals surface area contributed by atoms with Crippen molar-refractivity contribution in [1.82, 2.24) is 10.2 Å². The lowest BCUT2D eigenvalue weighted by Gasteiger charge is -2.35. The van der Waals surface area contributed by atoms with Gasteiger partial charge in [0.05, 0.1) is 11.0 Å². The van der Waals surface area contributed by atoms with E-state index in [1.165, 1.54) is 48.5 Å². The molecule has 1 saturated heterocycles. The molecule has 1 aliphatic heterocycles. The number of rotatable bonds is 7. The molecule has 7 nitrogen and oxygen atoms in total. The molecular weight excluding hydrogens is 365 g/mol. The number of nitro groups is 1. The smallest absolute Gasteiger partial charge is 0.269 e. The van der Waals surface area contributed by atoms with Crippen molar-refractivity contribution in [3.8, 4) is 0 Å². The van der Waals surface area contributed by atoms with Crippen molar-refractivity contribution >= 4 is 17.3 Å². The van der Waals surface area contributed by atoms with Gasteiger partial charge in [0.1, 0.15) is 5.82 Å². The number of hydrogen-bond donors (Lipinski definition) is 1. The van der Waals surface area contributed by atoms with Crippen molar-refractivity contribution in [2.24, 2.45) is 0 Å². The second-order valence-electron chi connectivity index (χ2n) is 6.60. The number of nitrogens with zero attached hydrogens (tertiary/aromatic N) is 2. The number of piperazine rings is 1. The van der Waals surface area contributed by atoms with E-state index in [1.54, 1.807) is 0 Å². The molecule has 1 atom stereocenters. The minimum atomic E-state index is -0.513. The zero-order chi connectivity index (χ0) is 20.1. The number of halogens is 1. The second-order valence-corrected chi connectivity index (χ2v) is 6.60. The van der Waals surface area contributed by atoms with E-state index in [9.17, 15) is 24.1 Å². The van der Waals surface area contributed by atoms with Crippen molar-refractivity contribution in [3.63, 3.8) is 0 Å². The summed E-state index contributed by atoms with van der Waals surface area (Å²) >= 11 is 0. The highest BCUT2D eigenvalue weighted by molar-refractivity contribution is 6.00. The fourth-order valence-electron chi connectivity index (χ4n) is 3.24. The van der Waals surface area contributed by atoms with Crippen LogP contribution in [0.3, 0.4) is 0 Å². The van der Waals surface area contributed by atoms with Gasteiger partial charge in [0.15, 0.2) is 11.6 Å². The Morgan fingerprint density at radius 1 is 1.11 bits per heavy atom. The van der Waals surface area contributed by atoms with Crippen LogP contribution in [0.4, 0.5) is 10.1 Å². The summed E-state index contributed by atoms with van der Waals surface area (Å²) in [7, 11) is 0. The average molecular weight is 385 g/mol. The summed E-state index contributed by atoms with van der Waals surface area (Å²) in [6.07, 6.45) is 0.199. The van der Waals surface area contributed by atoms with Gasteiger partial charge >= 0.3 is 0 Å². The Labute approximate surface area is 161 Å². The highest BCUT2D eigenvalue weighted by Crippen LogP contribution is 2.16. The van der Waals surface area contributed by atoms with E-state index in [-0.39, 0.29) is 23.7 Å². The first-order valence-corrected chi connectivity index (χ1v) is 8.98. The summed E-state index contributed by atoms with van der Waals surface area (Å²) in [5, 5.41) is 13.9. The van der Waals surface area contributed by atoms with Crippen LogP contribution in [0.5, 0.6) is 0 Å². The van der Waals surface area contributed by atoms with Gasteiger partial charge in [-0.1, -0.05) is 0 Å². The van der Waals surface area contributed by atoms with E-state index in [4.69, 9.17) is 0 Å². The largest absolute Gasteiger partial charge is 0.313 e. The zero-order valence-corrected chi connectivity index (χ0v) is 15.1. The summed E-state index contributed by atoms with van der Waals surface area (Å²) < 4.78 is 13.1. The van der Waals surface area contributed by atoms with Gasteiger partial charge in [-0.15, -0.1) is 0 Å². The van der Waals surface area contributed by atoms with E-state index in [0.717, 1.165) is 0 Å². The van der Waals surface area contributed by atoms with Crippen molar-refractivity contribution < 1.29 is 18.9 Å². The van der Waals surface area contributed by atoms with Crippen LogP contribution in [0.2, 0.25) is 0 Å². The van der Waals surface area contributed by atoms with E-state index in [0.29, 0.717) is 37.3 Å². The van der Waals surface area contributed by atoms with Gasteiger partial charge < -0.3 is 5.32 Å². The van der Waals surface area contributed by atoms with Crippen LogP contribution in [0.15, 0.2) is 48.5 Å². The first-order valence-electron chi connectivity index (χ1n) is 8.98. The van der Waals surface area contributed by atoms with Gasteiger partial charge in [-0.2, -0.15) is 0 Å². The quantitative estimate of drug-likeness (QED) is 0.447. The molecule has 1 fully saturated rings. The standard InChI is InChI=1S/C20H20FN3O4/c21-16-5-1-15(2-6-16)20(26)18-13-22-10-12-23(18)11-9-19(25)14-3-7-17(8-4-14)24(27)28/h1-8,18,22H,9-13H2. The lowest BCUT2D eigenvalue weighted by Crippen LogP contribution is -2.55. The number of carbonyl (C=O) groups is 2. The zero-order valence-electron chi connectivity index (χ0n) is 15.1. The highest BCUT2D eigenvalue weighted by atomic mass is 19.1. The maximum Gasteiger partial charge on any atom is 0.269 e. The number of non-ortho nitro benzene ring substituents is 1. The predicted molar refractivity (Wildman–Crippen MR) is 101 cm³/mol. The molecule has 1 N–H and O–H groups in total. The summed E-state index contributed by atoms with van der Waals surface area (Å²) in [6.45, 7) is 2.18. The van der Waals surface area contributed by atoms with Crippen LogP contribution in [-0.2, 0) is 0 Å². The molecule has 0 spiro atoms. The molecule has 2 aromatic rings. The van der Waals surface area contributed by atoms with Gasteiger partial charge in [0, 0.05) is 55.9 Å². The molecule has 0 aliphatic carbocycles. The Bertz CT molecular complexity index is 868. The van der Waals surface area contributed by atoms with Gasteiger partial charge in [-0.3, -0.25) is 24.6 Å². The van der Waals surface area contributed by atoms with Crippen LogP contribution < -0.4 is 5.32 Å². The molecule has 1 heterocycles. The average Bonchev–Trinajstić information content (AvgIpc) is 2.72. The number of Topliss-reactive ketones (excluding diaryl/α,β-unsaturated/α-hetero) is 2. The molecule has 0 radical (unpaired) electrons. The number of carbonyl (C=O) groups excluding carboxylic acids is 2. The molecule has 8 heteroatoms. The maximum atomic E-state index is 13.1. The third kappa shape index (κ3) is 4.65. The molecule has 0 amide bonds. The summed E-state index contributed by atoms with van der Waals surface area (Å²) in [6, 6.07) is 10.5. The number of benzene rings is 2. The van der Waals surface area contributed by atoms with Crippen LogP contribution >= 0.6 is 0 Å². The van der Waals surface area contributed by atoms with Crippen molar-refractivity contribution in [2.75, 3.05) is 26.2 Å². The minimum Gasteiger partial charge on any atom is -0.313 e. The molecule has 3 rings (SSSR count). The third-order valence-electron chi connectivity index (χ3n) is 4.81. The van der Waals surface area contributed by atoms with Gasteiger partial charge in [0.25, 0.3) is 5.69 Å². The Hall–Kier alpha value is -2.97. The molecule has 2 aromatic carbocycles. The van der Waals surface area contributed by atoms with Gasteiger partial charge in [-0.25, -0.2) is 4.39 Å². The Morgan fingerprint density at radius 3 is 2.39 bits per heavy atom. The van der Waals surface area contributed by atoms with Crippen molar-refractivity contribution in [3.05, 3.63) is 75.6 Å². The highest BCUT2D eigenvalue weighted by Gasteiger charge is 2.29. The van der Waals surface area contributed by atoms with Gasteiger partial charge in [-0.05, 0) is 36.4 Å². The van der Waals surface area contributed by atoms with E-state index >= 15 is 0 Å². The van der Waals surface area contributed by atoms with E-state index < -0.39 is 16.8 Å². The molecule has 0 saturated carbocycles. The Balaban J connectivity index is 1.64. The van der Waals surface area contributed by atoms with Gasteiger partial charge in [0.2, 0.25) is 0 Å². The minimum absolute atomic E-state index is 0.0661. The normalized spacial score (nSPS) is 17.2. The Morgan fingerprint density at radius 2 is 1.75 bits per heavy atom. The molecule has 0 aromatic heterocycles. The SMILES string of the molecule is O=C(CCN1CCNCC1C(=O)c1ccc(F)cc1)c1ccc([N+](=O)[O-])cc1. The van der Waals surface area contributed by atoms with Crippen molar-refractivity contribution in [2.45, 2.75) is 12.5 Å². The molecule has 1 aliphatic rings. The summed E-state index contributed by atoms with van der Waals surface area (Å²) in [5.41, 5.74) is 0.771. The van der Waals surface area contributed by atoms with E-state index in [2.05, 4.69) is 5.32 Å². The topological polar surface area (TPSA) is 92.6 Å². The molecular formula is C20H20FN3O4. The lowest BCUT2D eigenvalue weighted by molar-refractivity contribution is -0.384. The first-order chi connectivity index (χ1) is 13.5. The van der Waals surface area contributed by atoms with Crippen LogP contribution in [0.1, 0.15) is 27.1 Å². The number of hydrogen-bond acceptors (Lipinski definition) is 6. The molecule has 28 heavy (non-hydrogen) atoms. The van der Waals surface area contributed by atoms with Crippen LogP contribution in [0.25, 0.3) is 0 Å². The third-order valence-corrected chi connectivity index (χ3v) is 4.81. The van der Waals surface area contributed by atoms with E-state index in [1.807, 2.05) is 4.90 Å². The monoisotopic (exact) mass is 385 g/mol. The lowest BCUT2D eigenvalue weighted by atomic mass is 10.00. The van der Waals surface area contributed by atoms with Crippen molar-refractivity contribution in [1.29, 1.82) is 0 Å². The molecule has 146 valence electrons. The van der Waals surface area contributed by atoms with Crippen LogP contribution in [-0.4, -0.2) is 53.6 Å². The summed E-state index contributed by atoms with van der Waals surface area (Å²) in [5.74, 6) is -0.653. The number of ketones is 2. The number of nitrogens with one attached hydrogen (secondary N) is 1. The Kier molecular flexibility index (Phi) is 6.23. The molecule has 1 unspecified atom stereocenters. The summed E-state index contributed by atoms with van der Waals surface area (Å²) in [4.78, 5) is 37.3. The fraction of sp³-hybridized carbons (Fsp3) is 0.300. The van der Waals surface area contributed by atoms with Crippen LogP contribution in [0, 0.1) is 15.9 Å². The predicted octanol–water partition coefficient (Wildman–Crippen LogP) is 2.46.